The molecular weight excluding hydrogens is 444 g/mol. The van der Waals surface area contributed by atoms with Crippen LogP contribution in [0.1, 0.15) is 16.7 Å². The minimum absolute atomic E-state index is 0.0821. The lowest BCUT2D eigenvalue weighted by Crippen LogP contribution is -2.38. The highest BCUT2D eigenvalue weighted by Gasteiger charge is 2.40. The van der Waals surface area contributed by atoms with Gasteiger partial charge in [-0.05, 0) is 23.8 Å². The Kier molecular flexibility index (Phi) is 6.15. The highest BCUT2D eigenvalue weighted by Crippen LogP contribution is 2.37. The summed E-state index contributed by atoms with van der Waals surface area (Å²) in [5, 5.41) is 4.28. The molecular formula is C20H15F6N3O3. The van der Waals surface area contributed by atoms with Gasteiger partial charge in [0.2, 0.25) is 5.91 Å². The molecule has 4 amide bonds. The molecule has 0 radical (unpaired) electrons. The summed E-state index contributed by atoms with van der Waals surface area (Å²) in [5.74, 6) is -1.88. The topological polar surface area (TPSA) is 78.5 Å². The van der Waals surface area contributed by atoms with Gasteiger partial charge in [0.1, 0.15) is 12.6 Å². The smallest absolute Gasteiger partial charge is 0.325 e. The molecule has 1 unspecified atom stereocenters. The van der Waals surface area contributed by atoms with E-state index < -0.39 is 59.6 Å². The Morgan fingerprint density at radius 1 is 0.938 bits per heavy atom. The molecule has 1 saturated heterocycles. The van der Waals surface area contributed by atoms with Crippen LogP contribution in [0, 0.1) is 0 Å². The van der Waals surface area contributed by atoms with E-state index in [0.29, 0.717) is 17.0 Å². The van der Waals surface area contributed by atoms with Gasteiger partial charge in [-0.1, -0.05) is 30.3 Å². The summed E-state index contributed by atoms with van der Waals surface area (Å²) in [7, 11) is 0. The number of carbonyl (C=O) groups excluding carboxylic acids is 3. The van der Waals surface area contributed by atoms with Crippen LogP contribution in [0.25, 0.3) is 0 Å². The molecule has 1 fully saturated rings. The summed E-state index contributed by atoms with van der Waals surface area (Å²) in [6.45, 7) is -0.881. The second-order valence-electron chi connectivity index (χ2n) is 6.96. The zero-order valence-electron chi connectivity index (χ0n) is 16.1. The van der Waals surface area contributed by atoms with Crippen molar-refractivity contribution in [3.05, 3.63) is 65.2 Å². The van der Waals surface area contributed by atoms with Crippen LogP contribution < -0.4 is 10.6 Å². The first kappa shape index (κ1) is 23.1. The van der Waals surface area contributed by atoms with Crippen LogP contribution in [0.5, 0.6) is 0 Å². The second-order valence-corrected chi connectivity index (χ2v) is 6.96. The lowest BCUT2D eigenvalue weighted by molar-refractivity contribution is -0.143. The first-order valence-electron chi connectivity index (χ1n) is 9.10. The van der Waals surface area contributed by atoms with E-state index in [4.69, 9.17) is 0 Å². The van der Waals surface area contributed by atoms with E-state index in [2.05, 4.69) is 5.32 Å². The Morgan fingerprint density at radius 3 is 2.03 bits per heavy atom. The molecule has 0 spiro atoms. The summed E-state index contributed by atoms with van der Waals surface area (Å²) in [4.78, 5) is 37.2. The Morgan fingerprint density at radius 2 is 1.50 bits per heavy atom. The number of anilines is 1. The van der Waals surface area contributed by atoms with Gasteiger partial charge in [-0.3, -0.25) is 14.5 Å². The molecule has 1 heterocycles. The van der Waals surface area contributed by atoms with Crippen LogP contribution in [-0.4, -0.2) is 35.3 Å². The zero-order valence-corrected chi connectivity index (χ0v) is 16.1. The minimum Gasteiger partial charge on any atom is -0.325 e. The van der Waals surface area contributed by atoms with Crippen LogP contribution in [-0.2, 0) is 28.4 Å². The van der Waals surface area contributed by atoms with E-state index in [1.807, 2.05) is 5.32 Å². The summed E-state index contributed by atoms with van der Waals surface area (Å²) >= 11 is 0. The molecule has 0 bridgehead atoms. The van der Waals surface area contributed by atoms with Crippen LogP contribution in [0.15, 0.2) is 48.5 Å². The van der Waals surface area contributed by atoms with Crippen molar-refractivity contribution in [1.82, 2.24) is 10.2 Å². The number of alkyl halides is 6. The normalized spacial score (nSPS) is 16.8. The van der Waals surface area contributed by atoms with Gasteiger partial charge in [-0.15, -0.1) is 0 Å². The Bertz CT molecular complexity index is 1000. The van der Waals surface area contributed by atoms with Crippen molar-refractivity contribution >= 4 is 23.5 Å². The molecule has 0 aliphatic carbocycles. The number of nitrogens with zero attached hydrogens (tertiary/aromatic N) is 1. The second kappa shape index (κ2) is 8.52. The number of imide groups is 1. The molecule has 3 rings (SSSR count). The first-order chi connectivity index (χ1) is 14.8. The van der Waals surface area contributed by atoms with Crippen molar-refractivity contribution in [3.63, 3.8) is 0 Å². The highest BCUT2D eigenvalue weighted by atomic mass is 19.4. The number of benzene rings is 2. The minimum atomic E-state index is -5.09. The molecule has 1 aliphatic heterocycles. The number of amides is 4. The standard InChI is InChI=1S/C20H15F6N3O3/c21-19(22,23)12-7-13(20(24,25)26)9-14(8-12)27-16(30)10-29-17(31)15(28-18(29)32)6-11-4-2-1-3-5-11/h1-5,7-9,15H,6,10H2,(H,27,30)(H,28,32). The Hall–Kier alpha value is -3.57. The van der Waals surface area contributed by atoms with Gasteiger partial charge in [0.25, 0.3) is 5.91 Å². The number of nitrogens with one attached hydrogen (secondary N) is 2. The monoisotopic (exact) mass is 459 g/mol. The molecule has 2 N–H and O–H groups in total. The zero-order chi connectivity index (χ0) is 23.7. The fourth-order valence-electron chi connectivity index (χ4n) is 3.09. The molecule has 6 nitrogen and oxygen atoms in total. The average molecular weight is 459 g/mol. The molecule has 1 atom stereocenters. The van der Waals surface area contributed by atoms with Gasteiger partial charge in [-0.25, -0.2) is 4.79 Å². The third-order valence-corrected chi connectivity index (χ3v) is 4.56. The van der Waals surface area contributed by atoms with Gasteiger partial charge in [-0.2, -0.15) is 26.3 Å². The third kappa shape index (κ3) is 5.37. The van der Waals surface area contributed by atoms with Crippen molar-refractivity contribution in [3.8, 4) is 0 Å². The SMILES string of the molecule is O=C(CN1C(=O)NC(Cc2ccccc2)C1=O)Nc1cc(C(F)(F)F)cc(C(F)(F)F)c1. The van der Waals surface area contributed by atoms with E-state index in [1.54, 1.807) is 30.3 Å². The lowest BCUT2D eigenvalue weighted by Gasteiger charge is -2.16. The van der Waals surface area contributed by atoms with Gasteiger partial charge >= 0.3 is 18.4 Å². The molecule has 170 valence electrons. The predicted molar refractivity (Wildman–Crippen MR) is 99.3 cm³/mol. The van der Waals surface area contributed by atoms with E-state index >= 15 is 0 Å². The van der Waals surface area contributed by atoms with Gasteiger partial charge in [0, 0.05) is 12.1 Å². The highest BCUT2D eigenvalue weighted by molar-refractivity contribution is 6.08. The molecule has 0 saturated carbocycles. The molecule has 32 heavy (non-hydrogen) atoms. The maximum absolute atomic E-state index is 12.9. The van der Waals surface area contributed by atoms with Crippen LogP contribution in [0.3, 0.4) is 0 Å². The van der Waals surface area contributed by atoms with Crippen molar-refractivity contribution < 1.29 is 40.7 Å². The number of rotatable bonds is 5. The summed E-state index contributed by atoms with van der Waals surface area (Å²) < 4.78 is 77.6. The Balaban J connectivity index is 1.72. The van der Waals surface area contributed by atoms with Crippen LogP contribution in [0.4, 0.5) is 36.8 Å². The van der Waals surface area contributed by atoms with E-state index in [0.717, 1.165) is 5.56 Å². The number of halogens is 6. The number of carbonyl (C=O) groups is 3. The van der Waals surface area contributed by atoms with E-state index in [1.165, 1.54) is 0 Å². The van der Waals surface area contributed by atoms with E-state index in [-0.39, 0.29) is 12.5 Å². The summed E-state index contributed by atoms with van der Waals surface area (Å²) in [6.07, 6.45) is -10.0. The molecule has 2 aromatic carbocycles. The maximum atomic E-state index is 12.9. The average Bonchev–Trinajstić information content (AvgIpc) is 2.94. The maximum Gasteiger partial charge on any atom is 0.416 e. The predicted octanol–water partition coefficient (Wildman–Crippen LogP) is 3.83. The molecule has 2 aromatic rings. The van der Waals surface area contributed by atoms with Crippen LogP contribution >= 0.6 is 0 Å². The number of hydrogen-bond acceptors (Lipinski definition) is 3. The van der Waals surface area contributed by atoms with Crippen molar-refractivity contribution in [2.24, 2.45) is 0 Å². The third-order valence-electron chi connectivity index (χ3n) is 4.56. The van der Waals surface area contributed by atoms with E-state index in [9.17, 15) is 40.7 Å². The van der Waals surface area contributed by atoms with Crippen LogP contribution in [0.2, 0.25) is 0 Å². The molecule has 0 aromatic heterocycles. The molecule has 1 aliphatic rings. The Labute approximate surface area is 177 Å². The lowest BCUT2D eigenvalue weighted by atomic mass is 10.1. The van der Waals surface area contributed by atoms with Crippen molar-refractivity contribution in [2.45, 2.75) is 24.8 Å². The fourth-order valence-corrected chi connectivity index (χ4v) is 3.09. The van der Waals surface area contributed by atoms with Gasteiger partial charge < -0.3 is 10.6 Å². The van der Waals surface area contributed by atoms with Crippen molar-refractivity contribution in [1.29, 1.82) is 0 Å². The largest absolute Gasteiger partial charge is 0.416 e. The number of hydrogen-bond donors (Lipinski definition) is 2. The van der Waals surface area contributed by atoms with Gasteiger partial charge in [0.15, 0.2) is 0 Å². The van der Waals surface area contributed by atoms with Gasteiger partial charge in [0.05, 0.1) is 11.1 Å². The summed E-state index contributed by atoms with van der Waals surface area (Å²) in [6, 6.07) is 7.39. The quantitative estimate of drug-likeness (QED) is 0.527. The van der Waals surface area contributed by atoms with Crippen molar-refractivity contribution in [2.75, 3.05) is 11.9 Å². The first-order valence-corrected chi connectivity index (χ1v) is 9.10. The number of urea groups is 1. The fraction of sp³-hybridized carbons (Fsp3) is 0.250. The summed E-state index contributed by atoms with van der Waals surface area (Å²) in [5.41, 5.74) is -3.26. The molecule has 12 heteroatoms.